The highest BCUT2D eigenvalue weighted by Gasteiger charge is 2.20. The van der Waals surface area contributed by atoms with Crippen LogP contribution >= 0.6 is 23.4 Å². The van der Waals surface area contributed by atoms with Gasteiger partial charge in [0.1, 0.15) is 5.03 Å². The van der Waals surface area contributed by atoms with Crippen molar-refractivity contribution in [1.82, 2.24) is 30.0 Å². The average molecular weight is 484 g/mol. The largest absolute Gasteiger partial charge is 0.226 e. The van der Waals surface area contributed by atoms with Crippen LogP contribution in [-0.2, 0) is 12.3 Å². The molecule has 0 aliphatic rings. The molecule has 0 spiro atoms. The number of halogens is 1. The summed E-state index contributed by atoms with van der Waals surface area (Å²) in [6.07, 6.45) is 1.79. The van der Waals surface area contributed by atoms with Gasteiger partial charge in [-0.2, -0.15) is 10.4 Å². The Morgan fingerprint density at radius 3 is 2.53 bits per heavy atom. The van der Waals surface area contributed by atoms with Gasteiger partial charge in [-0.05, 0) is 51.9 Å². The third-order valence-electron chi connectivity index (χ3n) is 5.18. The van der Waals surface area contributed by atoms with Gasteiger partial charge in [-0.3, -0.25) is 0 Å². The van der Waals surface area contributed by atoms with Gasteiger partial charge in [0, 0.05) is 10.8 Å². The van der Waals surface area contributed by atoms with E-state index in [-0.39, 0.29) is 0 Å². The number of nitrogens with zero attached hydrogens (tertiary/aromatic N) is 7. The molecule has 0 N–H and O–H groups in total. The van der Waals surface area contributed by atoms with Crippen molar-refractivity contribution in [2.75, 3.05) is 0 Å². The normalized spacial score (nSPS) is 10.8. The molecule has 0 aliphatic heterocycles. The molecule has 0 unspecified atom stereocenters. The van der Waals surface area contributed by atoms with Crippen LogP contribution in [0.5, 0.6) is 0 Å². The standard InChI is InChI=1S/C25H18ClN7S/c26-21-7-4-8-22(13-21)33-25(34-17-20-5-2-1-3-6-20)23(15-28-33)24-29-30-31-32(24)16-19-11-9-18(14-27)10-12-19/h1-13,15H,16-17H2. The number of aromatic nitrogens is 6. The molecule has 166 valence electrons. The first kappa shape index (κ1) is 21.9. The van der Waals surface area contributed by atoms with E-state index in [9.17, 15) is 0 Å². The molecular weight excluding hydrogens is 466 g/mol. The zero-order valence-electron chi connectivity index (χ0n) is 17.9. The lowest BCUT2D eigenvalue weighted by Crippen LogP contribution is -2.05. The van der Waals surface area contributed by atoms with E-state index in [0.29, 0.717) is 23.0 Å². The van der Waals surface area contributed by atoms with Crippen molar-refractivity contribution in [2.24, 2.45) is 0 Å². The van der Waals surface area contributed by atoms with Crippen molar-refractivity contribution in [3.8, 4) is 23.1 Å². The van der Waals surface area contributed by atoms with Crippen molar-refractivity contribution >= 4 is 23.4 Å². The molecule has 7 nitrogen and oxygen atoms in total. The molecule has 5 aromatic rings. The van der Waals surface area contributed by atoms with Crippen LogP contribution in [0.15, 0.2) is 90.1 Å². The fourth-order valence-electron chi connectivity index (χ4n) is 3.51. The van der Waals surface area contributed by atoms with Crippen LogP contribution in [0.3, 0.4) is 0 Å². The van der Waals surface area contributed by atoms with E-state index in [1.165, 1.54) is 5.56 Å². The lowest BCUT2D eigenvalue weighted by molar-refractivity contribution is 0.652. The van der Waals surface area contributed by atoms with Crippen molar-refractivity contribution in [3.63, 3.8) is 0 Å². The Labute approximate surface area is 205 Å². The second-order valence-corrected chi connectivity index (χ2v) is 8.90. The van der Waals surface area contributed by atoms with Crippen LogP contribution in [-0.4, -0.2) is 30.0 Å². The molecule has 2 aromatic heterocycles. The van der Waals surface area contributed by atoms with E-state index < -0.39 is 0 Å². The maximum atomic E-state index is 9.05. The summed E-state index contributed by atoms with van der Waals surface area (Å²) in [5.41, 5.74) is 4.51. The van der Waals surface area contributed by atoms with E-state index in [0.717, 1.165) is 27.6 Å². The topological polar surface area (TPSA) is 85.2 Å². The first-order chi connectivity index (χ1) is 16.7. The summed E-state index contributed by atoms with van der Waals surface area (Å²) in [5, 5.41) is 27.7. The van der Waals surface area contributed by atoms with Gasteiger partial charge < -0.3 is 0 Å². The molecule has 2 heterocycles. The van der Waals surface area contributed by atoms with Gasteiger partial charge in [0.2, 0.25) is 0 Å². The first-order valence-corrected chi connectivity index (χ1v) is 11.8. The number of nitriles is 1. The highest BCUT2D eigenvalue weighted by atomic mass is 35.5. The predicted molar refractivity (Wildman–Crippen MR) is 132 cm³/mol. The second kappa shape index (κ2) is 9.91. The van der Waals surface area contributed by atoms with Gasteiger partial charge in [-0.1, -0.05) is 60.1 Å². The Morgan fingerprint density at radius 2 is 1.76 bits per heavy atom. The summed E-state index contributed by atoms with van der Waals surface area (Å²) < 4.78 is 3.61. The molecule has 34 heavy (non-hydrogen) atoms. The van der Waals surface area contributed by atoms with Crippen LogP contribution in [0.2, 0.25) is 5.02 Å². The molecule has 0 saturated carbocycles. The minimum Gasteiger partial charge on any atom is -0.226 e. The van der Waals surface area contributed by atoms with Gasteiger partial charge in [0.15, 0.2) is 5.82 Å². The molecule has 5 rings (SSSR count). The van der Waals surface area contributed by atoms with Gasteiger partial charge in [0.25, 0.3) is 0 Å². The highest BCUT2D eigenvalue weighted by Crippen LogP contribution is 2.34. The predicted octanol–water partition coefficient (Wildman–Crippen LogP) is 5.39. The van der Waals surface area contributed by atoms with E-state index in [2.05, 4.69) is 38.8 Å². The minimum absolute atomic E-state index is 0.471. The molecule has 0 aliphatic carbocycles. The summed E-state index contributed by atoms with van der Waals surface area (Å²) in [6.45, 7) is 0.471. The summed E-state index contributed by atoms with van der Waals surface area (Å²) in [5.74, 6) is 1.38. The summed E-state index contributed by atoms with van der Waals surface area (Å²) in [4.78, 5) is 0. The lowest BCUT2D eigenvalue weighted by Gasteiger charge is -2.10. The van der Waals surface area contributed by atoms with E-state index >= 15 is 0 Å². The molecular formula is C25H18ClN7S. The molecule has 0 saturated heterocycles. The van der Waals surface area contributed by atoms with Gasteiger partial charge in [-0.15, -0.1) is 16.9 Å². The Kier molecular flexibility index (Phi) is 6.38. The SMILES string of the molecule is N#Cc1ccc(Cn2nnnc2-c2cnn(-c3cccc(Cl)c3)c2SCc2ccccc2)cc1. The monoisotopic (exact) mass is 483 g/mol. The summed E-state index contributed by atoms with van der Waals surface area (Å²) >= 11 is 7.92. The summed E-state index contributed by atoms with van der Waals surface area (Å²) in [7, 11) is 0. The van der Waals surface area contributed by atoms with Crippen molar-refractivity contribution in [1.29, 1.82) is 5.26 Å². The third kappa shape index (κ3) is 4.71. The highest BCUT2D eigenvalue weighted by molar-refractivity contribution is 7.98. The van der Waals surface area contributed by atoms with Gasteiger partial charge in [0.05, 0.1) is 35.6 Å². The fourth-order valence-corrected chi connectivity index (χ4v) is 4.76. The van der Waals surface area contributed by atoms with Gasteiger partial charge in [-0.25, -0.2) is 9.36 Å². The second-order valence-electron chi connectivity index (χ2n) is 7.50. The smallest absolute Gasteiger partial charge is 0.186 e. The van der Waals surface area contributed by atoms with Crippen LogP contribution in [0.25, 0.3) is 17.1 Å². The van der Waals surface area contributed by atoms with Crippen LogP contribution in [0.4, 0.5) is 0 Å². The third-order valence-corrected chi connectivity index (χ3v) is 6.56. The first-order valence-electron chi connectivity index (χ1n) is 10.5. The number of tetrazole rings is 1. The molecule has 0 bridgehead atoms. The Bertz CT molecular complexity index is 1450. The minimum atomic E-state index is 0.471. The number of hydrogen-bond acceptors (Lipinski definition) is 6. The maximum absolute atomic E-state index is 9.05. The molecule has 9 heteroatoms. The quantitative estimate of drug-likeness (QED) is 0.288. The van der Waals surface area contributed by atoms with E-state index in [1.54, 1.807) is 34.8 Å². The Balaban J connectivity index is 1.52. The number of thioether (sulfide) groups is 1. The zero-order chi connectivity index (χ0) is 23.3. The molecule has 0 atom stereocenters. The summed E-state index contributed by atoms with van der Waals surface area (Å²) in [6, 6.07) is 27.4. The maximum Gasteiger partial charge on any atom is 0.186 e. The fraction of sp³-hybridized carbons (Fsp3) is 0.0800. The van der Waals surface area contributed by atoms with Crippen LogP contribution in [0, 0.1) is 11.3 Å². The molecule has 0 radical (unpaired) electrons. The lowest BCUT2D eigenvalue weighted by atomic mass is 10.1. The molecule has 3 aromatic carbocycles. The molecule has 0 amide bonds. The number of rotatable bonds is 7. The van der Waals surface area contributed by atoms with Crippen molar-refractivity contribution < 1.29 is 0 Å². The van der Waals surface area contributed by atoms with Crippen LogP contribution in [0.1, 0.15) is 16.7 Å². The van der Waals surface area contributed by atoms with Crippen molar-refractivity contribution in [3.05, 3.63) is 107 Å². The van der Waals surface area contributed by atoms with Gasteiger partial charge >= 0.3 is 0 Å². The van der Waals surface area contributed by atoms with E-state index in [1.807, 2.05) is 59.3 Å². The number of hydrogen-bond donors (Lipinski definition) is 0. The number of benzene rings is 3. The van der Waals surface area contributed by atoms with Crippen molar-refractivity contribution in [2.45, 2.75) is 17.3 Å². The zero-order valence-corrected chi connectivity index (χ0v) is 19.5. The van der Waals surface area contributed by atoms with E-state index in [4.69, 9.17) is 16.9 Å². The molecule has 0 fully saturated rings. The Morgan fingerprint density at radius 1 is 0.941 bits per heavy atom. The average Bonchev–Trinajstić information content (AvgIpc) is 3.50. The Hall–Kier alpha value is -3.93. The van der Waals surface area contributed by atoms with Crippen LogP contribution < -0.4 is 0 Å².